The Kier molecular flexibility index (Phi) is 3.28. The maximum atomic E-state index is 11.8. The van der Waals surface area contributed by atoms with Crippen LogP contribution in [0.4, 0.5) is 13.2 Å². The van der Waals surface area contributed by atoms with Crippen molar-refractivity contribution in [3.05, 3.63) is 27.7 Å². The molecule has 84 valence electrons. The smallest absolute Gasteiger partial charge is 0.400 e. The predicted molar refractivity (Wildman–Crippen MR) is 48.0 cm³/mol. The van der Waals surface area contributed by atoms with Gasteiger partial charge in [0.25, 0.3) is 0 Å². The van der Waals surface area contributed by atoms with Gasteiger partial charge >= 0.3 is 6.36 Å². The van der Waals surface area contributed by atoms with E-state index in [0.717, 1.165) is 6.20 Å². The lowest BCUT2D eigenvalue weighted by atomic mass is 10.2. The average molecular weight is 242 g/mol. The normalized spacial score (nSPS) is 11.5. The van der Waals surface area contributed by atoms with Crippen LogP contribution < -0.4 is 10.2 Å². The van der Waals surface area contributed by atoms with Crippen LogP contribution in [-0.2, 0) is 5.88 Å². The molecule has 1 aromatic rings. The number of aromatic amines is 1. The van der Waals surface area contributed by atoms with Crippen molar-refractivity contribution >= 4 is 11.6 Å². The summed E-state index contributed by atoms with van der Waals surface area (Å²) in [7, 11) is 0. The van der Waals surface area contributed by atoms with Gasteiger partial charge in [0.05, 0.1) is 5.88 Å². The van der Waals surface area contributed by atoms with Gasteiger partial charge in [-0.15, -0.1) is 24.8 Å². The van der Waals surface area contributed by atoms with E-state index in [1.165, 1.54) is 6.92 Å². The lowest BCUT2D eigenvalue weighted by molar-refractivity contribution is -0.275. The number of H-pyrrole nitrogens is 1. The molecule has 0 amide bonds. The Morgan fingerprint density at radius 3 is 2.60 bits per heavy atom. The molecule has 1 aromatic heterocycles. The fourth-order valence-electron chi connectivity index (χ4n) is 1.01. The number of halogens is 4. The van der Waals surface area contributed by atoms with Gasteiger partial charge in [-0.3, -0.25) is 4.79 Å². The van der Waals surface area contributed by atoms with Crippen LogP contribution in [0, 0.1) is 6.92 Å². The highest BCUT2D eigenvalue weighted by atomic mass is 35.5. The molecule has 0 spiro atoms. The number of hydrogen-bond donors (Lipinski definition) is 1. The third-order valence-corrected chi connectivity index (χ3v) is 2.00. The van der Waals surface area contributed by atoms with Crippen molar-refractivity contribution in [3.63, 3.8) is 0 Å². The molecule has 0 aromatic carbocycles. The van der Waals surface area contributed by atoms with Crippen LogP contribution >= 0.6 is 11.6 Å². The first-order chi connectivity index (χ1) is 6.85. The van der Waals surface area contributed by atoms with E-state index in [1.807, 2.05) is 0 Å². The van der Waals surface area contributed by atoms with Crippen LogP contribution in [-0.4, -0.2) is 11.3 Å². The third-order valence-electron chi connectivity index (χ3n) is 1.73. The summed E-state index contributed by atoms with van der Waals surface area (Å²) < 4.78 is 39.1. The molecular formula is C8H7ClF3NO2. The van der Waals surface area contributed by atoms with E-state index in [9.17, 15) is 18.0 Å². The van der Waals surface area contributed by atoms with E-state index in [1.54, 1.807) is 0 Å². The molecule has 0 saturated carbocycles. The number of ether oxygens (including phenoxy) is 1. The Labute approximate surface area is 87.8 Å². The molecule has 0 bridgehead atoms. The van der Waals surface area contributed by atoms with Gasteiger partial charge in [-0.1, -0.05) is 0 Å². The zero-order valence-corrected chi connectivity index (χ0v) is 8.37. The molecule has 0 aliphatic carbocycles. The third kappa shape index (κ3) is 2.89. The highest BCUT2D eigenvalue weighted by Crippen LogP contribution is 2.20. The Hall–Kier alpha value is -1.17. The number of pyridine rings is 1. The number of hydrogen-bond acceptors (Lipinski definition) is 2. The fourth-order valence-corrected chi connectivity index (χ4v) is 1.33. The maximum absolute atomic E-state index is 11.8. The van der Waals surface area contributed by atoms with Gasteiger partial charge in [-0.25, -0.2) is 0 Å². The zero-order chi connectivity index (χ0) is 11.6. The van der Waals surface area contributed by atoms with Crippen molar-refractivity contribution in [3.8, 4) is 5.75 Å². The molecule has 1 heterocycles. The molecule has 1 N–H and O–H groups in total. The first-order valence-corrected chi connectivity index (χ1v) is 4.41. The lowest BCUT2D eigenvalue weighted by Gasteiger charge is -2.09. The van der Waals surface area contributed by atoms with Crippen LogP contribution in [0.3, 0.4) is 0 Å². The summed E-state index contributed by atoms with van der Waals surface area (Å²) in [6, 6.07) is 0. The fraction of sp³-hybridized carbons (Fsp3) is 0.375. The van der Waals surface area contributed by atoms with E-state index in [2.05, 4.69) is 9.72 Å². The van der Waals surface area contributed by atoms with Gasteiger partial charge in [-0.05, 0) is 6.92 Å². The summed E-state index contributed by atoms with van der Waals surface area (Å²) in [6.07, 6.45) is -4.02. The molecule has 15 heavy (non-hydrogen) atoms. The summed E-state index contributed by atoms with van der Waals surface area (Å²) in [6.45, 7) is 1.54. The molecular weight excluding hydrogens is 235 g/mol. The molecule has 0 radical (unpaired) electrons. The van der Waals surface area contributed by atoms with Crippen LogP contribution in [0.15, 0.2) is 11.0 Å². The summed E-state index contributed by atoms with van der Waals surface area (Å²) in [5.41, 5.74) is -0.360. The quantitative estimate of drug-likeness (QED) is 0.808. The molecule has 1 rings (SSSR count). The second-order valence-corrected chi connectivity index (χ2v) is 3.03. The average Bonchev–Trinajstić information content (AvgIpc) is 2.09. The lowest BCUT2D eigenvalue weighted by Crippen LogP contribution is -2.23. The zero-order valence-electron chi connectivity index (χ0n) is 7.61. The molecule has 0 atom stereocenters. The van der Waals surface area contributed by atoms with Crippen molar-refractivity contribution < 1.29 is 17.9 Å². The van der Waals surface area contributed by atoms with Crippen molar-refractivity contribution in [2.45, 2.75) is 19.2 Å². The molecule has 0 saturated heterocycles. The molecule has 0 unspecified atom stereocenters. The minimum Gasteiger partial charge on any atom is -0.400 e. The highest BCUT2D eigenvalue weighted by Gasteiger charge is 2.32. The van der Waals surface area contributed by atoms with Crippen molar-refractivity contribution in [1.82, 2.24) is 4.98 Å². The minimum atomic E-state index is -4.88. The first-order valence-electron chi connectivity index (χ1n) is 3.88. The van der Waals surface area contributed by atoms with Crippen LogP contribution in [0.2, 0.25) is 0 Å². The Balaban J connectivity index is 3.17. The van der Waals surface area contributed by atoms with Crippen LogP contribution in [0.1, 0.15) is 11.3 Å². The molecule has 0 aliphatic heterocycles. The maximum Gasteiger partial charge on any atom is 0.573 e. The van der Waals surface area contributed by atoms with Crippen LogP contribution in [0.5, 0.6) is 5.75 Å². The summed E-state index contributed by atoms with van der Waals surface area (Å²) in [5.74, 6) is -0.972. The van der Waals surface area contributed by atoms with Gasteiger partial charge in [0.2, 0.25) is 5.43 Å². The van der Waals surface area contributed by atoms with Crippen molar-refractivity contribution in [2.24, 2.45) is 0 Å². The number of aromatic nitrogens is 1. The highest BCUT2D eigenvalue weighted by molar-refractivity contribution is 6.17. The summed E-state index contributed by atoms with van der Waals surface area (Å²) in [5, 5.41) is 0. The number of nitrogens with one attached hydrogen (secondary N) is 1. The second-order valence-electron chi connectivity index (χ2n) is 2.77. The van der Waals surface area contributed by atoms with Gasteiger partial charge in [0.1, 0.15) is 0 Å². The summed E-state index contributed by atoms with van der Waals surface area (Å²) >= 11 is 5.42. The largest absolute Gasteiger partial charge is 0.573 e. The standard InChI is InChI=1S/C8H7ClF3NO2/c1-4-5(2-9)7(14)6(3-13-4)15-8(10,11)12/h3H,2H2,1H3,(H,13,14). The summed E-state index contributed by atoms with van der Waals surface area (Å²) in [4.78, 5) is 13.8. The van der Waals surface area contributed by atoms with E-state index >= 15 is 0 Å². The van der Waals surface area contributed by atoms with Gasteiger partial charge < -0.3 is 9.72 Å². The SMILES string of the molecule is Cc1[nH]cc(OC(F)(F)F)c(=O)c1CCl. The van der Waals surface area contributed by atoms with Crippen molar-refractivity contribution in [1.29, 1.82) is 0 Å². The number of aryl methyl sites for hydroxylation is 1. The Morgan fingerprint density at radius 2 is 2.13 bits per heavy atom. The molecule has 0 aliphatic rings. The Bertz CT molecular complexity index is 413. The van der Waals surface area contributed by atoms with E-state index < -0.39 is 17.5 Å². The predicted octanol–water partition coefficient (Wildman–Crippen LogP) is 2.32. The monoisotopic (exact) mass is 241 g/mol. The van der Waals surface area contributed by atoms with Gasteiger partial charge in [-0.2, -0.15) is 0 Å². The van der Waals surface area contributed by atoms with E-state index in [4.69, 9.17) is 11.6 Å². The number of alkyl halides is 4. The van der Waals surface area contributed by atoms with E-state index in [0.29, 0.717) is 5.69 Å². The van der Waals surface area contributed by atoms with Crippen LogP contribution in [0.25, 0.3) is 0 Å². The minimum absolute atomic E-state index is 0.0680. The number of rotatable bonds is 2. The molecule has 3 nitrogen and oxygen atoms in total. The van der Waals surface area contributed by atoms with Gasteiger partial charge in [0.15, 0.2) is 5.75 Å². The molecule has 7 heteroatoms. The Morgan fingerprint density at radius 1 is 1.53 bits per heavy atom. The van der Waals surface area contributed by atoms with Crippen molar-refractivity contribution in [2.75, 3.05) is 0 Å². The van der Waals surface area contributed by atoms with Gasteiger partial charge in [0, 0.05) is 17.5 Å². The molecule has 0 fully saturated rings. The van der Waals surface area contributed by atoms with E-state index in [-0.39, 0.29) is 11.4 Å². The first kappa shape index (κ1) is 11.9. The topological polar surface area (TPSA) is 42.1 Å². The second kappa shape index (κ2) is 4.14.